The number of anilines is 1. The van der Waals surface area contributed by atoms with Gasteiger partial charge in [0.05, 0.1) is 11.3 Å². The number of benzene rings is 2. The van der Waals surface area contributed by atoms with Gasteiger partial charge < -0.3 is 9.64 Å². The quantitative estimate of drug-likeness (QED) is 0.548. The molecule has 2 aromatic rings. The predicted octanol–water partition coefficient (Wildman–Crippen LogP) is 3.11. The number of hydrogen-bond donors (Lipinski definition) is 0. The standard InChI is InChI=1S/C24H24N2O5/c1-15(2)25-22(29)18-6-4-5-7-19(18)26-21(28)12-13-24(25,26)23(30)31-14-20(27)17-10-8-16(3)9-11-17/h4-11,15H,12-14H2,1-3H3. The lowest BCUT2D eigenvalue weighted by Crippen LogP contribution is -2.70. The van der Waals surface area contributed by atoms with Gasteiger partial charge in [0, 0.05) is 24.4 Å². The average Bonchev–Trinajstić information content (AvgIpc) is 3.10. The van der Waals surface area contributed by atoms with E-state index in [4.69, 9.17) is 4.74 Å². The van der Waals surface area contributed by atoms with Crippen LogP contribution in [0.4, 0.5) is 5.69 Å². The third-order valence-corrected chi connectivity index (χ3v) is 5.85. The zero-order valence-corrected chi connectivity index (χ0v) is 17.8. The van der Waals surface area contributed by atoms with Gasteiger partial charge in [0.2, 0.25) is 11.6 Å². The molecule has 31 heavy (non-hydrogen) atoms. The Balaban J connectivity index is 1.69. The number of esters is 1. The summed E-state index contributed by atoms with van der Waals surface area (Å²) in [7, 11) is 0. The highest BCUT2D eigenvalue weighted by atomic mass is 16.5. The van der Waals surface area contributed by atoms with Gasteiger partial charge in [-0.25, -0.2) is 4.79 Å². The van der Waals surface area contributed by atoms with Gasteiger partial charge >= 0.3 is 5.97 Å². The zero-order valence-electron chi connectivity index (χ0n) is 17.8. The van der Waals surface area contributed by atoms with Crippen molar-refractivity contribution in [1.29, 1.82) is 0 Å². The number of carbonyl (C=O) groups is 4. The SMILES string of the molecule is Cc1ccc(C(=O)COC(=O)C23CCC(=O)N2c2ccccc2C(=O)N3C(C)C)cc1. The maximum absolute atomic E-state index is 13.4. The van der Waals surface area contributed by atoms with E-state index in [0.29, 0.717) is 16.8 Å². The molecule has 1 saturated heterocycles. The third-order valence-electron chi connectivity index (χ3n) is 5.85. The first-order valence-corrected chi connectivity index (χ1v) is 10.3. The third kappa shape index (κ3) is 3.21. The van der Waals surface area contributed by atoms with Crippen molar-refractivity contribution < 1.29 is 23.9 Å². The van der Waals surface area contributed by atoms with E-state index in [-0.39, 0.29) is 36.5 Å². The maximum atomic E-state index is 13.4. The largest absolute Gasteiger partial charge is 0.454 e. The van der Waals surface area contributed by atoms with Crippen LogP contribution in [0.5, 0.6) is 0 Å². The number of fused-ring (bicyclic) bond motifs is 3. The van der Waals surface area contributed by atoms with Crippen LogP contribution in [0.25, 0.3) is 0 Å². The first-order chi connectivity index (χ1) is 14.8. The zero-order chi connectivity index (χ0) is 22.3. The summed E-state index contributed by atoms with van der Waals surface area (Å²) in [6.45, 7) is 5.03. The molecular formula is C24H24N2O5. The molecule has 2 aliphatic rings. The molecule has 0 spiro atoms. The lowest BCUT2D eigenvalue weighted by molar-refractivity contribution is -0.157. The molecule has 7 heteroatoms. The highest BCUT2D eigenvalue weighted by molar-refractivity contribution is 6.15. The summed E-state index contributed by atoms with van der Waals surface area (Å²) in [6.07, 6.45) is 0.216. The Hall–Kier alpha value is -3.48. The van der Waals surface area contributed by atoms with Gasteiger partial charge in [-0.2, -0.15) is 0 Å². The topological polar surface area (TPSA) is 84.0 Å². The summed E-state index contributed by atoms with van der Waals surface area (Å²) in [5.41, 5.74) is 0.615. The van der Waals surface area contributed by atoms with E-state index < -0.39 is 18.2 Å². The number of carbonyl (C=O) groups excluding carboxylic acids is 4. The minimum atomic E-state index is -1.59. The van der Waals surface area contributed by atoms with Gasteiger partial charge in [-0.15, -0.1) is 0 Å². The number of ether oxygens (including phenoxy) is 1. The number of amides is 2. The van der Waals surface area contributed by atoms with Crippen LogP contribution in [0.15, 0.2) is 48.5 Å². The molecule has 1 unspecified atom stereocenters. The summed E-state index contributed by atoms with van der Waals surface area (Å²) in [5.74, 6) is -1.71. The van der Waals surface area contributed by atoms with Crippen molar-refractivity contribution in [3.63, 3.8) is 0 Å². The molecule has 2 aromatic carbocycles. The van der Waals surface area contributed by atoms with Crippen LogP contribution >= 0.6 is 0 Å². The molecule has 1 atom stereocenters. The summed E-state index contributed by atoms with van der Waals surface area (Å²) >= 11 is 0. The van der Waals surface area contributed by atoms with Crippen LogP contribution in [-0.4, -0.2) is 46.8 Å². The molecule has 0 aliphatic carbocycles. The second kappa shape index (κ2) is 7.65. The number of Topliss-reactive ketones (excluding diaryl/α,β-unsaturated/α-hetero) is 1. The summed E-state index contributed by atoms with van der Waals surface area (Å²) in [6, 6.07) is 13.4. The number of nitrogens with zero attached hydrogens (tertiary/aromatic N) is 2. The van der Waals surface area contributed by atoms with E-state index in [9.17, 15) is 19.2 Å². The minimum absolute atomic E-state index is 0.103. The summed E-state index contributed by atoms with van der Waals surface area (Å²) < 4.78 is 5.45. The van der Waals surface area contributed by atoms with Gasteiger partial charge in [0.15, 0.2) is 12.4 Å². The molecule has 0 N–H and O–H groups in total. The summed E-state index contributed by atoms with van der Waals surface area (Å²) in [4.78, 5) is 55.0. The number of para-hydroxylation sites is 1. The van der Waals surface area contributed by atoms with E-state index in [0.717, 1.165) is 5.56 Å². The van der Waals surface area contributed by atoms with Crippen molar-refractivity contribution in [2.75, 3.05) is 11.5 Å². The Bertz CT molecular complexity index is 1080. The second-order valence-electron chi connectivity index (χ2n) is 8.20. The molecule has 2 aliphatic heterocycles. The Labute approximate surface area is 180 Å². The molecule has 2 amide bonds. The Kier molecular flexibility index (Phi) is 5.13. The summed E-state index contributed by atoms with van der Waals surface area (Å²) in [5, 5.41) is 0. The van der Waals surface area contributed by atoms with Gasteiger partial charge in [-0.3, -0.25) is 19.3 Å². The monoisotopic (exact) mass is 420 g/mol. The predicted molar refractivity (Wildman–Crippen MR) is 114 cm³/mol. The van der Waals surface area contributed by atoms with Crippen molar-refractivity contribution in [1.82, 2.24) is 4.90 Å². The molecule has 0 radical (unpaired) electrons. The molecule has 0 saturated carbocycles. The van der Waals surface area contributed by atoms with Crippen LogP contribution in [-0.2, 0) is 14.3 Å². The van der Waals surface area contributed by atoms with Crippen molar-refractivity contribution in [3.05, 3.63) is 65.2 Å². The van der Waals surface area contributed by atoms with E-state index >= 15 is 0 Å². The molecule has 160 valence electrons. The lowest BCUT2D eigenvalue weighted by atomic mass is 9.95. The smallest absolute Gasteiger partial charge is 0.354 e. The fraction of sp³-hybridized carbons (Fsp3) is 0.333. The van der Waals surface area contributed by atoms with Gasteiger partial charge in [0.25, 0.3) is 5.91 Å². The number of rotatable bonds is 5. The van der Waals surface area contributed by atoms with Gasteiger partial charge in [0.1, 0.15) is 0 Å². The second-order valence-corrected chi connectivity index (χ2v) is 8.20. The fourth-order valence-corrected chi connectivity index (χ4v) is 4.44. The number of hydrogen-bond acceptors (Lipinski definition) is 5. The van der Waals surface area contributed by atoms with Crippen molar-refractivity contribution in [2.24, 2.45) is 0 Å². The number of aryl methyl sites for hydroxylation is 1. The average molecular weight is 420 g/mol. The first-order valence-electron chi connectivity index (χ1n) is 10.3. The molecule has 0 aromatic heterocycles. The molecule has 2 heterocycles. The Morgan fingerprint density at radius 2 is 1.74 bits per heavy atom. The van der Waals surface area contributed by atoms with Gasteiger partial charge in [-0.05, 0) is 32.9 Å². The molecule has 0 bridgehead atoms. The van der Waals surface area contributed by atoms with Crippen LogP contribution in [0.2, 0.25) is 0 Å². The molecule has 4 rings (SSSR count). The molecule has 1 fully saturated rings. The molecular weight excluding hydrogens is 396 g/mol. The van der Waals surface area contributed by atoms with E-state index in [1.807, 2.05) is 19.1 Å². The van der Waals surface area contributed by atoms with Crippen LogP contribution in [0.1, 0.15) is 53.0 Å². The van der Waals surface area contributed by atoms with Crippen LogP contribution in [0, 0.1) is 6.92 Å². The first kappa shape index (κ1) is 20.8. The minimum Gasteiger partial charge on any atom is -0.454 e. The highest BCUT2D eigenvalue weighted by Gasteiger charge is 2.62. The normalized spacial score (nSPS) is 20.0. The Morgan fingerprint density at radius 1 is 1.06 bits per heavy atom. The maximum Gasteiger partial charge on any atom is 0.354 e. The van der Waals surface area contributed by atoms with E-state index in [1.54, 1.807) is 50.2 Å². The van der Waals surface area contributed by atoms with Crippen molar-refractivity contribution in [2.45, 2.75) is 45.3 Å². The van der Waals surface area contributed by atoms with E-state index in [1.165, 1.54) is 9.80 Å². The molecule has 7 nitrogen and oxygen atoms in total. The van der Waals surface area contributed by atoms with Crippen LogP contribution < -0.4 is 4.90 Å². The van der Waals surface area contributed by atoms with E-state index in [2.05, 4.69) is 0 Å². The lowest BCUT2D eigenvalue weighted by Gasteiger charge is -2.50. The van der Waals surface area contributed by atoms with Crippen molar-refractivity contribution in [3.8, 4) is 0 Å². The van der Waals surface area contributed by atoms with Crippen LogP contribution in [0.3, 0.4) is 0 Å². The highest BCUT2D eigenvalue weighted by Crippen LogP contribution is 2.45. The van der Waals surface area contributed by atoms with Crippen molar-refractivity contribution >= 4 is 29.3 Å². The fourth-order valence-electron chi connectivity index (χ4n) is 4.44. The Morgan fingerprint density at radius 3 is 2.42 bits per heavy atom. The number of ketones is 1. The van der Waals surface area contributed by atoms with Gasteiger partial charge in [-0.1, -0.05) is 42.0 Å².